The minimum Gasteiger partial charge on any atom is -0.358 e. The van der Waals surface area contributed by atoms with E-state index in [4.69, 9.17) is 0 Å². The molecule has 6 nitrogen and oxygen atoms in total. The summed E-state index contributed by atoms with van der Waals surface area (Å²) in [5.41, 5.74) is 2.38. The number of anilines is 1. The molecule has 0 unspecified atom stereocenters. The quantitative estimate of drug-likeness (QED) is 0.674. The molecule has 0 radical (unpaired) electrons. The Hall–Kier alpha value is -3.15. The first-order chi connectivity index (χ1) is 13.0. The number of benzene rings is 2. The Labute approximate surface area is 158 Å². The van der Waals surface area contributed by atoms with Gasteiger partial charge in [0, 0.05) is 40.7 Å². The van der Waals surface area contributed by atoms with E-state index >= 15 is 0 Å². The Morgan fingerprint density at radius 1 is 1.00 bits per heavy atom. The minimum absolute atomic E-state index is 0.00181. The zero-order valence-electron chi connectivity index (χ0n) is 15.9. The van der Waals surface area contributed by atoms with Gasteiger partial charge < -0.3 is 14.4 Å². The van der Waals surface area contributed by atoms with Crippen molar-refractivity contribution in [3.05, 3.63) is 70.5 Å². The molecule has 1 aromatic heterocycles. The lowest BCUT2D eigenvalue weighted by molar-refractivity contribution is -0.130. The molecule has 0 fully saturated rings. The lowest BCUT2D eigenvalue weighted by Gasteiger charge is -2.19. The molecule has 6 heteroatoms. The molecule has 0 saturated carbocycles. The van der Waals surface area contributed by atoms with Gasteiger partial charge >= 0.3 is 0 Å². The Morgan fingerprint density at radius 2 is 1.67 bits per heavy atom. The summed E-state index contributed by atoms with van der Waals surface area (Å²) < 4.78 is 1.64. The first kappa shape index (κ1) is 18.6. The van der Waals surface area contributed by atoms with Crippen molar-refractivity contribution in [3.63, 3.8) is 0 Å². The van der Waals surface area contributed by atoms with Crippen molar-refractivity contribution in [2.24, 2.45) is 0 Å². The van der Waals surface area contributed by atoms with Gasteiger partial charge in [0.15, 0.2) is 5.82 Å². The molecule has 0 aliphatic carbocycles. The van der Waals surface area contributed by atoms with Crippen LogP contribution in [0.5, 0.6) is 0 Å². The lowest BCUT2D eigenvalue weighted by Crippen LogP contribution is -2.32. The van der Waals surface area contributed by atoms with Crippen LogP contribution in [0.25, 0.3) is 11.0 Å². The zero-order valence-corrected chi connectivity index (χ0v) is 15.9. The van der Waals surface area contributed by atoms with Gasteiger partial charge in [-0.3, -0.25) is 9.59 Å². The number of aryl methyl sites for hydroxylation is 1. The smallest absolute Gasteiger partial charge is 0.293 e. The van der Waals surface area contributed by atoms with Crippen LogP contribution in [-0.4, -0.2) is 41.5 Å². The number of nitrogens with zero attached hydrogens (tertiary/aromatic N) is 4. The van der Waals surface area contributed by atoms with E-state index in [-0.39, 0.29) is 17.9 Å². The van der Waals surface area contributed by atoms with E-state index in [1.54, 1.807) is 35.5 Å². The van der Waals surface area contributed by atoms with Gasteiger partial charge in [-0.1, -0.05) is 42.5 Å². The Kier molecular flexibility index (Phi) is 5.54. The van der Waals surface area contributed by atoms with E-state index in [9.17, 15) is 9.59 Å². The van der Waals surface area contributed by atoms with Crippen molar-refractivity contribution in [1.29, 1.82) is 0 Å². The van der Waals surface area contributed by atoms with Gasteiger partial charge in [0.05, 0.1) is 11.0 Å². The van der Waals surface area contributed by atoms with Crippen LogP contribution in [0, 0.1) is 0 Å². The number of para-hydroxylation sites is 2. The maximum Gasteiger partial charge on any atom is 0.293 e. The Morgan fingerprint density at radius 3 is 2.37 bits per heavy atom. The average molecular weight is 364 g/mol. The van der Waals surface area contributed by atoms with Gasteiger partial charge in [0.2, 0.25) is 5.91 Å². The normalized spacial score (nSPS) is 10.8. The fourth-order valence-electron chi connectivity index (χ4n) is 3.04. The molecule has 1 heterocycles. The molecule has 0 aliphatic heterocycles. The van der Waals surface area contributed by atoms with E-state index in [1.165, 1.54) is 0 Å². The van der Waals surface area contributed by atoms with Crippen molar-refractivity contribution in [3.8, 4) is 0 Å². The molecular formula is C21H24N4O2. The molecule has 3 rings (SSSR count). The van der Waals surface area contributed by atoms with E-state index in [0.717, 1.165) is 16.6 Å². The van der Waals surface area contributed by atoms with Crippen LogP contribution in [0.4, 0.5) is 5.82 Å². The summed E-state index contributed by atoms with van der Waals surface area (Å²) in [6.45, 7) is 0.870. The van der Waals surface area contributed by atoms with Crippen molar-refractivity contribution < 1.29 is 4.79 Å². The number of fused-ring (bicyclic) bond motifs is 1. The largest absolute Gasteiger partial charge is 0.358 e. The number of carbonyl (C=O) groups is 1. The number of hydrogen-bond acceptors (Lipinski definition) is 4. The molecule has 0 aliphatic rings. The third kappa shape index (κ3) is 4.16. The molecule has 2 aromatic carbocycles. The van der Waals surface area contributed by atoms with Gasteiger partial charge in [-0.2, -0.15) is 0 Å². The number of aromatic nitrogens is 2. The van der Waals surface area contributed by atoms with E-state index in [2.05, 4.69) is 4.98 Å². The number of amides is 1. The van der Waals surface area contributed by atoms with Crippen LogP contribution in [0.2, 0.25) is 0 Å². The second-order valence-corrected chi connectivity index (χ2v) is 6.76. The second-order valence-electron chi connectivity index (χ2n) is 6.76. The molecule has 3 aromatic rings. The third-order valence-corrected chi connectivity index (χ3v) is 4.50. The second kappa shape index (κ2) is 8.03. The van der Waals surface area contributed by atoms with Crippen LogP contribution in [-0.2, 0) is 17.9 Å². The molecule has 0 atom stereocenters. The summed E-state index contributed by atoms with van der Waals surface area (Å²) >= 11 is 0. The molecule has 27 heavy (non-hydrogen) atoms. The highest BCUT2D eigenvalue weighted by Crippen LogP contribution is 2.14. The number of carbonyl (C=O) groups excluding carboxylic acids is 1. The molecular weight excluding hydrogens is 340 g/mol. The highest BCUT2D eigenvalue weighted by atomic mass is 16.2. The van der Waals surface area contributed by atoms with Crippen molar-refractivity contribution in [2.75, 3.05) is 26.0 Å². The van der Waals surface area contributed by atoms with Crippen LogP contribution in [0.15, 0.2) is 59.4 Å². The predicted molar refractivity (Wildman–Crippen MR) is 108 cm³/mol. The minimum atomic E-state index is -0.183. The first-order valence-electron chi connectivity index (χ1n) is 8.92. The van der Waals surface area contributed by atoms with Crippen LogP contribution >= 0.6 is 0 Å². The van der Waals surface area contributed by atoms with Gasteiger partial charge in [-0.25, -0.2) is 4.98 Å². The lowest BCUT2D eigenvalue weighted by atomic mass is 10.2. The van der Waals surface area contributed by atoms with E-state index < -0.39 is 0 Å². The summed E-state index contributed by atoms with van der Waals surface area (Å²) in [4.78, 5) is 33.2. The molecule has 0 bridgehead atoms. The van der Waals surface area contributed by atoms with Crippen molar-refractivity contribution in [2.45, 2.75) is 19.5 Å². The summed E-state index contributed by atoms with van der Waals surface area (Å²) in [5, 5.41) is 0. The van der Waals surface area contributed by atoms with E-state index in [0.29, 0.717) is 18.9 Å². The van der Waals surface area contributed by atoms with Gasteiger partial charge in [0.1, 0.15) is 0 Å². The molecule has 1 amide bonds. The summed E-state index contributed by atoms with van der Waals surface area (Å²) in [7, 11) is 5.37. The summed E-state index contributed by atoms with van der Waals surface area (Å²) in [5.74, 6) is 0.372. The SMILES string of the molecule is CN(Cc1ccccc1)C(=O)CCn1c(=O)c(N(C)C)nc2ccccc21. The van der Waals surface area contributed by atoms with Crippen molar-refractivity contribution in [1.82, 2.24) is 14.5 Å². The fourth-order valence-corrected chi connectivity index (χ4v) is 3.04. The van der Waals surface area contributed by atoms with Gasteiger partial charge in [-0.05, 0) is 17.7 Å². The van der Waals surface area contributed by atoms with Crippen LogP contribution in [0.3, 0.4) is 0 Å². The summed E-state index contributed by atoms with van der Waals surface area (Å²) in [6.07, 6.45) is 0.254. The Balaban J connectivity index is 1.81. The van der Waals surface area contributed by atoms with Crippen LogP contribution < -0.4 is 10.5 Å². The van der Waals surface area contributed by atoms with Crippen molar-refractivity contribution >= 4 is 22.8 Å². The summed E-state index contributed by atoms with van der Waals surface area (Å²) in [6, 6.07) is 17.4. The molecule has 0 N–H and O–H groups in total. The monoisotopic (exact) mass is 364 g/mol. The Bertz CT molecular complexity index is 996. The number of hydrogen-bond donors (Lipinski definition) is 0. The third-order valence-electron chi connectivity index (χ3n) is 4.50. The van der Waals surface area contributed by atoms with Crippen LogP contribution in [0.1, 0.15) is 12.0 Å². The first-order valence-corrected chi connectivity index (χ1v) is 8.92. The molecule has 0 spiro atoms. The number of rotatable bonds is 6. The predicted octanol–water partition coefficient (Wildman–Crippen LogP) is 2.51. The maximum absolute atomic E-state index is 12.8. The molecule has 0 saturated heterocycles. The maximum atomic E-state index is 12.8. The zero-order chi connectivity index (χ0) is 19.4. The topological polar surface area (TPSA) is 58.4 Å². The average Bonchev–Trinajstić information content (AvgIpc) is 2.67. The highest BCUT2D eigenvalue weighted by Gasteiger charge is 2.15. The molecule has 140 valence electrons. The standard InChI is InChI=1S/C21H24N4O2/c1-23(2)20-21(27)25(18-12-8-7-11-17(18)22-20)14-13-19(26)24(3)15-16-9-5-4-6-10-16/h4-12H,13-15H2,1-3H3. The van der Waals surface area contributed by atoms with Gasteiger partial charge in [0.25, 0.3) is 5.56 Å². The fraction of sp³-hybridized carbons (Fsp3) is 0.286. The van der Waals surface area contributed by atoms with E-state index in [1.807, 2.05) is 54.6 Å². The van der Waals surface area contributed by atoms with Gasteiger partial charge in [-0.15, -0.1) is 0 Å². The highest BCUT2D eigenvalue weighted by molar-refractivity contribution is 5.78.